The molecule has 3 rings (SSSR count). The van der Waals surface area contributed by atoms with Gasteiger partial charge >= 0.3 is 0 Å². The molecule has 1 N–H and O–H groups in total. The number of methoxy groups -OCH3 is 1. The molecule has 0 unspecified atom stereocenters. The Hall–Kier alpha value is -1.06. The molecule has 0 atom stereocenters. The number of hydrogen-bond donors (Lipinski definition) is 1. The average molecular weight is 274 g/mol. The van der Waals surface area contributed by atoms with Crippen LogP contribution in [0, 0.1) is 5.92 Å². The molecule has 20 heavy (non-hydrogen) atoms. The minimum Gasteiger partial charge on any atom is -0.383 e. The van der Waals surface area contributed by atoms with Crippen molar-refractivity contribution < 1.29 is 4.74 Å². The summed E-state index contributed by atoms with van der Waals surface area (Å²) < 4.78 is 5.09. The van der Waals surface area contributed by atoms with Crippen molar-refractivity contribution in [1.29, 1.82) is 0 Å². The van der Waals surface area contributed by atoms with Gasteiger partial charge in [0.1, 0.15) is 0 Å². The Labute approximate surface area is 122 Å². The van der Waals surface area contributed by atoms with Crippen LogP contribution in [0.15, 0.2) is 24.3 Å². The van der Waals surface area contributed by atoms with Crippen LogP contribution in [-0.4, -0.2) is 32.8 Å². The van der Waals surface area contributed by atoms with Gasteiger partial charge in [-0.25, -0.2) is 0 Å². The Bertz CT molecular complexity index is 427. The van der Waals surface area contributed by atoms with Gasteiger partial charge in [-0.15, -0.1) is 0 Å². The Morgan fingerprint density at radius 1 is 1.20 bits per heavy atom. The number of ether oxygens (including phenoxy) is 1. The van der Waals surface area contributed by atoms with Gasteiger partial charge in [-0.3, -0.25) is 0 Å². The van der Waals surface area contributed by atoms with Crippen LogP contribution in [0.2, 0.25) is 0 Å². The molecular formula is C17H26N2O. The molecular weight excluding hydrogens is 248 g/mol. The molecule has 0 spiro atoms. The molecule has 1 aromatic carbocycles. The molecule has 2 aliphatic carbocycles. The van der Waals surface area contributed by atoms with E-state index >= 15 is 0 Å². The van der Waals surface area contributed by atoms with E-state index in [4.69, 9.17) is 4.74 Å². The number of nitrogens with one attached hydrogen (secondary N) is 1. The Morgan fingerprint density at radius 2 is 2.00 bits per heavy atom. The van der Waals surface area contributed by atoms with Crippen molar-refractivity contribution in [2.75, 3.05) is 31.7 Å². The van der Waals surface area contributed by atoms with Crippen LogP contribution in [0.1, 0.15) is 31.2 Å². The summed E-state index contributed by atoms with van der Waals surface area (Å²) in [5, 5.41) is 3.47. The van der Waals surface area contributed by atoms with Gasteiger partial charge in [-0.05, 0) is 43.2 Å². The fourth-order valence-electron chi connectivity index (χ4n) is 2.75. The van der Waals surface area contributed by atoms with Crippen LogP contribution >= 0.6 is 0 Å². The third kappa shape index (κ3) is 3.74. The highest BCUT2D eigenvalue weighted by Crippen LogP contribution is 2.38. The highest BCUT2D eigenvalue weighted by Gasteiger charge is 2.34. The third-order valence-corrected chi connectivity index (χ3v) is 4.24. The number of anilines is 1. The number of benzene rings is 1. The molecule has 0 aliphatic heterocycles. The standard InChI is InChI=1S/C17H26N2O/c1-20-11-10-18-12-15-4-2-3-5-17(15)19(16-8-9-16)13-14-6-7-14/h2-5,14,16,18H,6-13H2,1H3. The lowest BCUT2D eigenvalue weighted by molar-refractivity contribution is 0.199. The topological polar surface area (TPSA) is 24.5 Å². The molecule has 0 aromatic heterocycles. The molecule has 3 nitrogen and oxygen atoms in total. The lowest BCUT2D eigenvalue weighted by Crippen LogP contribution is -2.30. The molecule has 0 heterocycles. The quantitative estimate of drug-likeness (QED) is 0.701. The first-order valence-corrected chi connectivity index (χ1v) is 7.92. The average Bonchev–Trinajstić information content (AvgIpc) is 3.35. The number of nitrogens with zero attached hydrogens (tertiary/aromatic N) is 1. The van der Waals surface area contributed by atoms with Crippen LogP contribution in [0.3, 0.4) is 0 Å². The molecule has 2 saturated carbocycles. The predicted molar refractivity (Wildman–Crippen MR) is 83.1 cm³/mol. The van der Waals surface area contributed by atoms with Crippen LogP contribution in [0.25, 0.3) is 0 Å². The first-order chi connectivity index (χ1) is 9.88. The highest BCUT2D eigenvalue weighted by atomic mass is 16.5. The van der Waals surface area contributed by atoms with E-state index in [-0.39, 0.29) is 0 Å². The summed E-state index contributed by atoms with van der Waals surface area (Å²) in [4.78, 5) is 2.67. The fraction of sp³-hybridized carbons (Fsp3) is 0.647. The smallest absolute Gasteiger partial charge is 0.0587 e. The molecule has 110 valence electrons. The second kappa shape index (κ2) is 6.59. The van der Waals surface area contributed by atoms with Crippen molar-refractivity contribution in [3.63, 3.8) is 0 Å². The summed E-state index contributed by atoms with van der Waals surface area (Å²) >= 11 is 0. The van der Waals surface area contributed by atoms with E-state index in [1.54, 1.807) is 7.11 Å². The van der Waals surface area contributed by atoms with Crippen molar-refractivity contribution in [3.05, 3.63) is 29.8 Å². The Kier molecular flexibility index (Phi) is 4.58. The minimum atomic E-state index is 0.774. The van der Waals surface area contributed by atoms with E-state index in [1.165, 1.54) is 43.5 Å². The van der Waals surface area contributed by atoms with E-state index < -0.39 is 0 Å². The second-order valence-corrected chi connectivity index (χ2v) is 6.13. The SMILES string of the molecule is COCCNCc1ccccc1N(CC1CC1)C1CC1. The van der Waals surface area contributed by atoms with Gasteiger partial charge in [0.25, 0.3) is 0 Å². The monoisotopic (exact) mass is 274 g/mol. The fourth-order valence-corrected chi connectivity index (χ4v) is 2.75. The van der Waals surface area contributed by atoms with Crippen molar-refractivity contribution in [3.8, 4) is 0 Å². The van der Waals surface area contributed by atoms with Crippen molar-refractivity contribution in [1.82, 2.24) is 5.32 Å². The maximum atomic E-state index is 5.09. The van der Waals surface area contributed by atoms with Crippen LogP contribution in [0.4, 0.5) is 5.69 Å². The zero-order valence-corrected chi connectivity index (χ0v) is 12.5. The molecule has 0 bridgehead atoms. The minimum absolute atomic E-state index is 0.774. The predicted octanol–water partition coefficient (Wildman–Crippen LogP) is 2.80. The molecule has 0 saturated heterocycles. The zero-order valence-electron chi connectivity index (χ0n) is 12.5. The summed E-state index contributed by atoms with van der Waals surface area (Å²) in [7, 11) is 1.75. The van der Waals surface area contributed by atoms with Gasteiger partial charge in [0.05, 0.1) is 6.61 Å². The van der Waals surface area contributed by atoms with E-state index in [2.05, 4.69) is 34.5 Å². The van der Waals surface area contributed by atoms with Crippen LogP contribution in [0.5, 0.6) is 0 Å². The molecule has 0 radical (unpaired) electrons. The largest absolute Gasteiger partial charge is 0.383 e. The van der Waals surface area contributed by atoms with Gasteiger partial charge in [-0.1, -0.05) is 18.2 Å². The zero-order chi connectivity index (χ0) is 13.8. The normalized spacial score (nSPS) is 18.2. The first-order valence-electron chi connectivity index (χ1n) is 7.92. The summed E-state index contributed by atoms with van der Waals surface area (Å²) in [6, 6.07) is 9.69. The van der Waals surface area contributed by atoms with Crippen LogP contribution in [-0.2, 0) is 11.3 Å². The summed E-state index contributed by atoms with van der Waals surface area (Å²) in [5.41, 5.74) is 2.88. The van der Waals surface area contributed by atoms with Gasteiger partial charge in [0.15, 0.2) is 0 Å². The summed E-state index contributed by atoms with van der Waals surface area (Å²) in [6.45, 7) is 3.89. The molecule has 3 heteroatoms. The molecule has 0 amide bonds. The molecule has 2 fully saturated rings. The number of para-hydroxylation sites is 1. The van der Waals surface area contributed by atoms with E-state index in [9.17, 15) is 0 Å². The van der Waals surface area contributed by atoms with Crippen molar-refractivity contribution >= 4 is 5.69 Å². The Morgan fingerprint density at radius 3 is 2.70 bits per heavy atom. The van der Waals surface area contributed by atoms with E-state index in [1.807, 2.05) is 0 Å². The number of rotatable bonds is 9. The first kappa shape index (κ1) is 13.9. The van der Waals surface area contributed by atoms with Crippen molar-refractivity contribution in [2.45, 2.75) is 38.3 Å². The van der Waals surface area contributed by atoms with Crippen molar-refractivity contribution in [2.24, 2.45) is 5.92 Å². The van der Waals surface area contributed by atoms with E-state index in [0.717, 1.165) is 31.7 Å². The lowest BCUT2D eigenvalue weighted by Gasteiger charge is -2.27. The van der Waals surface area contributed by atoms with Crippen LogP contribution < -0.4 is 10.2 Å². The maximum Gasteiger partial charge on any atom is 0.0587 e. The highest BCUT2D eigenvalue weighted by molar-refractivity contribution is 5.55. The molecule has 2 aliphatic rings. The van der Waals surface area contributed by atoms with Gasteiger partial charge < -0.3 is 15.0 Å². The molecule has 1 aromatic rings. The third-order valence-electron chi connectivity index (χ3n) is 4.24. The lowest BCUT2D eigenvalue weighted by atomic mass is 10.1. The van der Waals surface area contributed by atoms with Gasteiger partial charge in [0.2, 0.25) is 0 Å². The second-order valence-electron chi connectivity index (χ2n) is 6.13. The summed E-state index contributed by atoms with van der Waals surface area (Å²) in [5.74, 6) is 0.949. The maximum absolute atomic E-state index is 5.09. The number of hydrogen-bond acceptors (Lipinski definition) is 3. The van der Waals surface area contributed by atoms with Gasteiger partial charge in [0, 0.05) is 38.5 Å². The van der Waals surface area contributed by atoms with Gasteiger partial charge in [-0.2, -0.15) is 0 Å². The Balaban J connectivity index is 1.66. The van der Waals surface area contributed by atoms with E-state index in [0.29, 0.717) is 0 Å². The summed E-state index contributed by atoms with van der Waals surface area (Å²) in [6.07, 6.45) is 5.60.